The Kier molecular flexibility index (Phi) is 3.28. The lowest BCUT2D eigenvalue weighted by Crippen LogP contribution is -2.45. The average Bonchev–Trinajstić information content (AvgIpc) is 3.04. The SMILES string of the molecule is C[C@@]1(CCBr)[C@H](c2ccoc2)CCC12OCCO2. The molecule has 1 aliphatic carbocycles. The number of furan rings is 1. The molecule has 0 radical (unpaired) electrons. The van der Waals surface area contributed by atoms with E-state index in [1.54, 1.807) is 6.26 Å². The predicted molar refractivity (Wildman–Crippen MR) is 71.8 cm³/mol. The van der Waals surface area contributed by atoms with Gasteiger partial charge in [-0.1, -0.05) is 22.9 Å². The molecule has 3 rings (SSSR count). The van der Waals surface area contributed by atoms with Crippen molar-refractivity contribution < 1.29 is 13.9 Å². The van der Waals surface area contributed by atoms with E-state index in [0.29, 0.717) is 5.92 Å². The number of halogens is 1. The molecule has 1 saturated heterocycles. The van der Waals surface area contributed by atoms with E-state index < -0.39 is 0 Å². The summed E-state index contributed by atoms with van der Waals surface area (Å²) in [6, 6.07) is 2.07. The van der Waals surface area contributed by atoms with Crippen LogP contribution < -0.4 is 0 Å². The minimum Gasteiger partial charge on any atom is -0.472 e. The first-order valence-corrected chi connectivity index (χ1v) is 7.70. The highest BCUT2D eigenvalue weighted by atomic mass is 79.9. The monoisotopic (exact) mass is 314 g/mol. The van der Waals surface area contributed by atoms with Gasteiger partial charge in [0.1, 0.15) is 0 Å². The van der Waals surface area contributed by atoms with Gasteiger partial charge in [0.25, 0.3) is 0 Å². The van der Waals surface area contributed by atoms with Gasteiger partial charge in [-0.25, -0.2) is 0 Å². The second kappa shape index (κ2) is 4.66. The lowest BCUT2D eigenvalue weighted by atomic mass is 9.72. The Morgan fingerprint density at radius 1 is 1.39 bits per heavy atom. The fraction of sp³-hybridized carbons (Fsp3) is 0.714. The van der Waals surface area contributed by atoms with E-state index in [9.17, 15) is 0 Å². The normalized spacial score (nSPS) is 34.4. The largest absolute Gasteiger partial charge is 0.472 e. The molecule has 1 aromatic rings. The van der Waals surface area contributed by atoms with Crippen LogP contribution in [0.15, 0.2) is 23.0 Å². The van der Waals surface area contributed by atoms with Crippen molar-refractivity contribution in [2.24, 2.45) is 5.41 Å². The van der Waals surface area contributed by atoms with Crippen molar-refractivity contribution in [3.63, 3.8) is 0 Å². The molecule has 4 heteroatoms. The number of rotatable bonds is 3. The van der Waals surface area contributed by atoms with Crippen LogP contribution in [0.3, 0.4) is 0 Å². The smallest absolute Gasteiger partial charge is 0.174 e. The average molecular weight is 315 g/mol. The van der Waals surface area contributed by atoms with Gasteiger partial charge in [-0.15, -0.1) is 0 Å². The zero-order valence-electron chi connectivity index (χ0n) is 10.7. The minimum atomic E-state index is -0.386. The first kappa shape index (κ1) is 12.7. The van der Waals surface area contributed by atoms with Crippen molar-refractivity contribution in [3.05, 3.63) is 24.2 Å². The summed E-state index contributed by atoms with van der Waals surface area (Å²) in [5.74, 6) is 0.0646. The quantitative estimate of drug-likeness (QED) is 0.797. The molecule has 2 fully saturated rings. The van der Waals surface area contributed by atoms with Crippen molar-refractivity contribution in [1.82, 2.24) is 0 Å². The molecule has 1 aliphatic heterocycles. The van der Waals surface area contributed by atoms with Crippen LogP contribution in [0.2, 0.25) is 0 Å². The second-order valence-electron chi connectivity index (χ2n) is 5.45. The lowest BCUT2D eigenvalue weighted by Gasteiger charge is -2.42. The van der Waals surface area contributed by atoms with Gasteiger partial charge in [-0.3, -0.25) is 0 Å². The van der Waals surface area contributed by atoms with Crippen molar-refractivity contribution in [2.45, 2.75) is 37.9 Å². The van der Waals surface area contributed by atoms with Crippen molar-refractivity contribution >= 4 is 15.9 Å². The highest BCUT2D eigenvalue weighted by Crippen LogP contribution is 2.60. The molecule has 2 atom stereocenters. The summed E-state index contributed by atoms with van der Waals surface area (Å²) in [6.45, 7) is 3.73. The van der Waals surface area contributed by atoms with Crippen LogP contribution >= 0.6 is 15.9 Å². The molecule has 0 aromatic carbocycles. The molecule has 1 aromatic heterocycles. The molecular weight excluding hydrogens is 296 g/mol. The molecule has 3 nitrogen and oxygen atoms in total. The molecule has 0 amide bonds. The van der Waals surface area contributed by atoms with E-state index in [2.05, 4.69) is 28.9 Å². The van der Waals surface area contributed by atoms with Crippen molar-refractivity contribution in [1.29, 1.82) is 0 Å². The zero-order chi connectivity index (χ0) is 12.6. The summed E-state index contributed by atoms with van der Waals surface area (Å²) in [5, 5.41) is 0.965. The Labute approximate surface area is 116 Å². The van der Waals surface area contributed by atoms with Gasteiger partial charge in [0.2, 0.25) is 0 Å². The Bertz CT molecular complexity index is 397. The molecule has 0 N–H and O–H groups in total. The summed E-state index contributed by atoms with van der Waals surface area (Å²) in [4.78, 5) is 0. The second-order valence-corrected chi connectivity index (χ2v) is 6.25. The number of ether oxygens (including phenoxy) is 2. The number of hydrogen-bond donors (Lipinski definition) is 0. The Morgan fingerprint density at radius 3 is 2.78 bits per heavy atom. The summed E-state index contributed by atoms with van der Waals surface area (Å²) in [7, 11) is 0. The van der Waals surface area contributed by atoms with E-state index in [-0.39, 0.29) is 11.2 Å². The van der Waals surface area contributed by atoms with E-state index >= 15 is 0 Å². The van der Waals surface area contributed by atoms with Crippen LogP contribution in [0.5, 0.6) is 0 Å². The Morgan fingerprint density at radius 2 is 2.17 bits per heavy atom. The van der Waals surface area contributed by atoms with Crippen LogP contribution in [-0.4, -0.2) is 24.3 Å². The van der Waals surface area contributed by atoms with Gasteiger partial charge in [0.15, 0.2) is 5.79 Å². The topological polar surface area (TPSA) is 31.6 Å². The number of alkyl halides is 1. The Balaban J connectivity index is 1.96. The molecule has 18 heavy (non-hydrogen) atoms. The highest BCUT2D eigenvalue weighted by molar-refractivity contribution is 9.09. The molecular formula is C14H19BrO3. The van der Waals surface area contributed by atoms with Crippen LogP contribution in [0.1, 0.15) is 37.7 Å². The zero-order valence-corrected chi connectivity index (χ0v) is 12.2. The summed E-state index contributed by atoms with van der Waals surface area (Å²) < 4.78 is 17.3. The minimum absolute atomic E-state index is 0.0108. The maximum Gasteiger partial charge on any atom is 0.174 e. The van der Waals surface area contributed by atoms with Gasteiger partial charge in [-0.05, 0) is 30.4 Å². The molecule has 1 saturated carbocycles. The summed E-state index contributed by atoms with van der Waals surface area (Å²) >= 11 is 3.58. The van der Waals surface area contributed by atoms with Crippen LogP contribution in [0, 0.1) is 5.41 Å². The van der Waals surface area contributed by atoms with Crippen molar-refractivity contribution in [3.8, 4) is 0 Å². The summed E-state index contributed by atoms with van der Waals surface area (Å²) in [6.07, 6.45) is 6.74. The Hall–Kier alpha value is -0.320. The third kappa shape index (κ3) is 1.69. The van der Waals surface area contributed by atoms with Crippen molar-refractivity contribution in [2.75, 3.05) is 18.5 Å². The molecule has 1 spiro atoms. The first-order valence-electron chi connectivity index (χ1n) is 6.58. The number of hydrogen-bond acceptors (Lipinski definition) is 3. The summed E-state index contributed by atoms with van der Waals surface area (Å²) in [5.41, 5.74) is 1.28. The van der Waals surface area contributed by atoms with E-state index in [0.717, 1.165) is 37.8 Å². The van der Waals surface area contributed by atoms with Gasteiger partial charge in [0, 0.05) is 17.2 Å². The van der Waals surface area contributed by atoms with E-state index in [4.69, 9.17) is 13.9 Å². The molecule has 100 valence electrons. The fourth-order valence-electron chi connectivity index (χ4n) is 3.70. The molecule has 0 unspecified atom stereocenters. The lowest BCUT2D eigenvalue weighted by molar-refractivity contribution is -0.219. The third-order valence-electron chi connectivity index (χ3n) is 4.71. The maximum atomic E-state index is 6.02. The van der Waals surface area contributed by atoms with Gasteiger partial charge in [0.05, 0.1) is 25.7 Å². The van der Waals surface area contributed by atoms with E-state index in [1.807, 2.05) is 6.26 Å². The third-order valence-corrected chi connectivity index (χ3v) is 5.11. The van der Waals surface area contributed by atoms with Gasteiger partial charge >= 0.3 is 0 Å². The first-order chi connectivity index (χ1) is 8.72. The predicted octanol–water partition coefficient (Wildman–Crippen LogP) is 3.69. The fourth-order valence-corrected chi connectivity index (χ4v) is 4.53. The molecule has 0 bridgehead atoms. The van der Waals surface area contributed by atoms with Crippen LogP contribution in [0.25, 0.3) is 0 Å². The molecule has 2 aliphatic rings. The van der Waals surface area contributed by atoms with Gasteiger partial charge < -0.3 is 13.9 Å². The highest BCUT2D eigenvalue weighted by Gasteiger charge is 2.61. The van der Waals surface area contributed by atoms with Crippen LogP contribution in [-0.2, 0) is 9.47 Å². The standard InChI is InChI=1S/C14H19BrO3/c1-13(5-6-15)12(11-3-7-16-10-11)2-4-14(13)17-8-9-18-14/h3,7,10,12H,2,4-6,8-9H2,1H3/t12-,13+/m0/s1. The molecule has 2 heterocycles. The van der Waals surface area contributed by atoms with Crippen LogP contribution in [0.4, 0.5) is 0 Å². The van der Waals surface area contributed by atoms with E-state index in [1.165, 1.54) is 5.56 Å². The van der Waals surface area contributed by atoms with Gasteiger partial charge in [-0.2, -0.15) is 0 Å². The maximum absolute atomic E-state index is 6.02.